The van der Waals surface area contributed by atoms with Crippen LogP contribution in [0.25, 0.3) is 0 Å². The molecule has 0 fully saturated rings. The van der Waals surface area contributed by atoms with E-state index in [0.717, 1.165) is 5.56 Å². The maximum atomic E-state index is 11.6. The predicted molar refractivity (Wildman–Crippen MR) is 102 cm³/mol. The molecule has 0 aliphatic heterocycles. The van der Waals surface area contributed by atoms with Crippen LogP contribution >= 0.6 is 12.4 Å². The van der Waals surface area contributed by atoms with E-state index in [4.69, 9.17) is 21.6 Å². The van der Waals surface area contributed by atoms with Crippen molar-refractivity contribution in [1.29, 1.82) is 5.41 Å². The maximum Gasteiger partial charge on any atom is 0.255 e. The number of benzene rings is 2. The van der Waals surface area contributed by atoms with Gasteiger partial charge in [0.15, 0.2) is 6.61 Å². The number of rotatable bonds is 8. The third kappa shape index (κ3) is 6.19. The lowest BCUT2D eigenvalue weighted by Gasteiger charge is -2.22. The van der Waals surface area contributed by atoms with Gasteiger partial charge in [0.1, 0.15) is 11.6 Å². The number of aryl methyl sites for hydroxylation is 1. The molecule has 1 amide bonds. The number of amides is 1. The molecule has 0 aliphatic rings. The lowest BCUT2D eigenvalue weighted by Crippen LogP contribution is -2.34. The first kappa shape index (κ1) is 21.8. The van der Waals surface area contributed by atoms with Crippen LogP contribution in [0, 0.1) is 12.3 Å². The highest BCUT2D eigenvalue weighted by molar-refractivity contribution is 5.95. The van der Waals surface area contributed by atoms with Gasteiger partial charge in [0, 0.05) is 11.3 Å². The van der Waals surface area contributed by atoms with E-state index in [1.807, 2.05) is 0 Å². The third-order valence-corrected chi connectivity index (χ3v) is 3.53. The number of hydrogen-bond donors (Lipinski definition) is 4. The third-order valence-electron chi connectivity index (χ3n) is 3.53. The van der Waals surface area contributed by atoms with Crippen molar-refractivity contribution in [1.82, 2.24) is 0 Å². The summed E-state index contributed by atoms with van der Waals surface area (Å²) in [6, 6.07) is 10.2. The largest absolute Gasteiger partial charge is 0.548 e. The molecule has 0 saturated carbocycles. The number of carboxylic acids is 1. The Morgan fingerprint density at radius 1 is 1.19 bits per heavy atom. The van der Waals surface area contributed by atoms with Gasteiger partial charge in [-0.15, -0.1) is 12.4 Å². The average molecular weight is 392 g/mol. The van der Waals surface area contributed by atoms with E-state index in [0.29, 0.717) is 22.6 Å². The molecule has 8 nitrogen and oxygen atoms in total. The van der Waals surface area contributed by atoms with Crippen molar-refractivity contribution >= 4 is 35.8 Å². The number of halogens is 1. The Labute approximate surface area is 162 Å². The van der Waals surface area contributed by atoms with Gasteiger partial charge in [-0.1, -0.05) is 6.07 Å². The number of amidine groups is 1. The lowest BCUT2D eigenvalue weighted by atomic mass is 10.0. The van der Waals surface area contributed by atoms with E-state index in [-0.39, 0.29) is 24.8 Å². The maximum absolute atomic E-state index is 11.6. The summed E-state index contributed by atoms with van der Waals surface area (Å²) in [6.07, 6.45) is 0. The van der Waals surface area contributed by atoms with Crippen LogP contribution in [0.1, 0.15) is 22.7 Å². The summed E-state index contributed by atoms with van der Waals surface area (Å²) in [5.41, 5.74) is 12.7. The van der Waals surface area contributed by atoms with Crippen LogP contribution in [0.4, 0.5) is 5.69 Å². The summed E-state index contributed by atoms with van der Waals surface area (Å²) >= 11 is 0. The van der Waals surface area contributed by atoms with Crippen molar-refractivity contribution in [3.8, 4) is 5.75 Å². The molecule has 0 aromatic heterocycles. The minimum absolute atomic E-state index is 0. The number of carbonyl (C=O) groups excluding carboxylic acids is 2. The van der Waals surface area contributed by atoms with Gasteiger partial charge in [-0.2, -0.15) is 0 Å². The highest BCUT2D eigenvalue weighted by Crippen LogP contribution is 2.25. The topological polar surface area (TPSA) is 154 Å². The van der Waals surface area contributed by atoms with Crippen molar-refractivity contribution < 1.29 is 19.4 Å². The molecular weight excluding hydrogens is 372 g/mol. The number of hydrogen-bond acceptors (Lipinski definition) is 6. The first-order valence-electron chi connectivity index (χ1n) is 7.71. The minimum Gasteiger partial charge on any atom is -0.548 e. The molecule has 0 radical (unpaired) electrons. The van der Waals surface area contributed by atoms with Crippen molar-refractivity contribution in [2.75, 3.05) is 11.9 Å². The number of carbonyl (C=O) groups is 2. The molecule has 144 valence electrons. The molecule has 1 unspecified atom stereocenters. The molecule has 0 spiro atoms. The Morgan fingerprint density at radius 3 is 2.33 bits per heavy atom. The summed E-state index contributed by atoms with van der Waals surface area (Å²) in [5.74, 6) is -1.71. The summed E-state index contributed by atoms with van der Waals surface area (Å²) in [5, 5.41) is 21.9. The lowest BCUT2D eigenvalue weighted by molar-refractivity contribution is -0.307. The summed E-state index contributed by atoms with van der Waals surface area (Å²) in [7, 11) is 0. The summed E-state index contributed by atoms with van der Waals surface area (Å²) in [4.78, 5) is 22.5. The summed E-state index contributed by atoms with van der Waals surface area (Å²) in [6.45, 7) is 1.47. The van der Waals surface area contributed by atoms with E-state index in [2.05, 4.69) is 5.32 Å². The Hall–Kier alpha value is -3.26. The number of nitrogens with one attached hydrogen (secondary N) is 2. The van der Waals surface area contributed by atoms with Crippen molar-refractivity contribution in [3.63, 3.8) is 0 Å². The molecule has 2 aromatic carbocycles. The highest BCUT2D eigenvalue weighted by Gasteiger charge is 2.15. The van der Waals surface area contributed by atoms with Gasteiger partial charge in [-0.3, -0.25) is 10.2 Å². The molecule has 0 heterocycles. The molecule has 2 rings (SSSR count). The van der Waals surface area contributed by atoms with Crippen LogP contribution in [-0.2, 0) is 9.59 Å². The van der Waals surface area contributed by atoms with Crippen LogP contribution in [0.15, 0.2) is 42.5 Å². The zero-order valence-corrected chi connectivity index (χ0v) is 15.3. The van der Waals surface area contributed by atoms with Crippen LogP contribution in [0.3, 0.4) is 0 Å². The van der Waals surface area contributed by atoms with Crippen molar-refractivity contribution in [2.45, 2.75) is 13.0 Å². The van der Waals surface area contributed by atoms with Crippen LogP contribution in [-0.4, -0.2) is 24.3 Å². The van der Waals surface area contributed by atoms with Gasteiger partial charge in [-0.25, -0.2) is 0 Å². The number of carboxylic acid groups (broad SMARTS) is 1. The Bertz CT molecular complexity index is 840. The van der Waals surface area contributed by atoms with E-state index in [1.165, 1.54) is 6.07 Å². The predicted octanol–water partition coefficient (Wildman–Crippen LogP) is 0.468. The highest BCUT2D eigenvalue weighted by atomic mass is 35.5. The minimum atomic E-state index is -1.33. The van der Waals surface area contributed by atoms with Gasteiger partial charge < -0.3 is 31.4 Å². The molecule has 0 bridgehead atoms. The zero-order chi connectivity index (χ0) is 19.3. The van der Waals surface area contributed by atoms with Gasteiger partial charge in [0.25, 0.3) is 5.91 Å². The Morgan fingerprint density at radius 2 is 1.81 bits per heavy atom. The standard InChI is InChI=1S/C18H20N4O4.ClH/c1-10-6-12(8-14(7-10)26-9-15(19)23)16(18(24)25)22-13-4-2-11(3-5-13)17(20)21;/h2-8,16,22H,9H2,1H3,(H2,19,23)(H3,20,21)(H,24,25);1H/p-1. The van der Waals surface area contributed by atoms with Crippen LogP contribution < -0.4 is 26.6 Å². The normalized spacial score (nSPS) is 11.0. The fourth-order valence-corrected chi connectivity index (χ4v) is 2.37. The second-order valence-electron chi connectivity index (χ2n) is 5.72. The zero-order valence-electron chi connectivity index (χ0n) is 14.5. The van der Waals surface area contributed by atoms with E-state index < -0.39 is 17.9 Å². The molecule has 1 atom stereocenters. The van der Waals surface area contributed by atoms with Gasteiger partial charge in [0.05, 0.1) is 12.0 Å². The number of nitrogen functional groups attached to an aromatic ring is 1. The van der Waals surface area contributed by atoms with Crippen LogP contribution in [0.5, 0.6) is 5.75 Å². The molecular formula is C18H20ClN4O4-. The summed E-state index contributed by atoms with van der Waals surface area (Å²) < 4.78 is 5.26. The average Bonchev–Trinajstić information content (AvgIpc) is 2.57. The number of ether oxygens (including phenoxy) is 1. The number of nitrogens with two attached hydrogens (primary N) is 2. The van der Waals surface area contributed by atoms with Crippen LogP contribution in [0.2, 0.25) is 0 Å². The fraction of sp³-hybridized carbons (Fsp3) is 0.167. The second-order valence-corrected chi connectivity index (χ2v) is 5.72. The first-order chi connectivity index (χ1) is 12.3. The molecule has 6 N–H and O–H groups in total. The smallest absolute Gasteiger partial charge is 0.255 e. The monoisotopic (exact) mass is 391 g/mol. The SMILES string of the molecule is Cc1cc(OCC(N)=O)cc(C(Nc2ccc(C(=N)N)cc2)C(=O)[O-])c1.Cl. The Balaban J connectivity index is 0.00000364. The van der Waals surface area contributed by atoms with Gasteiger partial charge in [0.2, 0.25) is 0 Å². The molecule has 9 heteroatoms. The Kier molecular flexibility index (Phi) is 7.62. The van der Waals surface area contributed by atoms with Gasteiger partial charge in [-0.05, 0) is 54.4 Å². The van der Waals surface area contributed by atoms with E-state index in [9.17, 15) is 14.7 Å². The molecule has 2 aromatic rings. The number of primary amides is 1. The molecule has 27 heavy (non-hydrogen) atoms. The van der Waals surface area contributed by atoms with Crippen molar-refractivity contribution in [3.05, 3.63) is 59.2 Å². The number of anilines is 1. The quantitative estimate of drug-likeness (QED) is 0.378. The fourth-order valence-electron chi connectivity index (χ4n) is 2.37. The molecule has 0 saturated heterocycles. The first-order valence-corrected chi connectivity index (χ1v) is 7.71. The van der Waals surface area contributed by atoms with E-state index in [1.54, 1.807) is 43.3 Å². The second kappa shape index (κ2) is 9.44. The number of aliphatic carboxylic acids is 1. The molecule has 0 aliphatic carbocycles. The van der Waals surface area contributed by atoms with E-state index >= 15 is 0 Å². The van der Waals surface area contributed by atoms with Gasteiger partial charge >= 0.3 is 0 Å². The van der Waals surface area contributed by atoms with Crippen molar-refractivity contribution in [2.24, 2.45) is 11.5 Å².